The number of likely N-dealkylation sites (N-methyl/N-ethyl adjacent to an activating group) is 1. The lowest BCUT2D eigenvalue weighted by atomic mass is 10.0. The molecule has 0 spiro atoms. The Hall–Kier alpha value is -1.34. The largest absolute Gasteiger partial charge is 0.281 e. The molecule has 15 heavy (non-hydrogen) atoms. The number of para-hydroxylation sites is 1. The van der Waals surface area contributed by atoms with Gasteiger partial charge in [0.1, 0.15) is 18.3 Å². The standard InChI is InChI=1S/C14H16N/c1-11-9-13-8-7-12-5-3-4-6-14(12)15(13,2)10-11/h3-9,13H,10H2,1-2H3/q+1. The molecule has 1 nitrogen and oxygen atoms in total. The van der Waals surface area contributed by atoms with Gasteiger partial charge in [-0.1, -0.05) is 12.1 Å². The van der Waals surface area contributed by atoms with Crippen LogP contribution in [-0.2, 0) is 0 Å². The summed E-state index contributed by atoms with van der Waals surface area (Å²) in [4.78, 5) is 0. The predicted octanol–water partition coefficient (Wildman–Crippen LogP) is 2.98. The second-order valence-electron chi connectivity index (χ2n) is 4.85. The van der Waals surface area contributed by atoms with Gasteiger partial charge < -0.3 is 0 Å². The number of fused-ring (bicyclic) bond motifs is 3. The first-order valence-electron chi connectivity index (χ1n) is 5.50. The van der Waals surface area contributed by atoms with Gasteiger partial charge in [0.05, 0.1) is 7.05 Å². The van der Waals surface area contributed by atoms with E-state index < -0.39 is 0 Å². The van der Waals surface area contributed by atoms with Crippen LogP contribution in [0.2, 0.25) is 0 Å². The van der Waals surface area contributed by atoms with Crippen molar-refractivity contribution >= 4 is 11.8 Å². The first kappa shape index (κ1) is 8.93. The highest BCUT2D eigenvalue weighted by molar-refractivity contribution is 5.71. The minimum absolute atomic E-state index is 0.542. The highest BCUT2D eigenvalue weighted by atomic mass is 15.4. The molecule has 2 heterocycles. The van der Waals surface area contributed by atoms with Crippen LogP contribution in [0, 0.1) is 0 Å². The summed E-state index contributed by atoms with van der Waals surface area (Å²) in [5.74, 6) is 0. The van der Waals surface area contributed by atoms with Gasteiger partial charge in [0.2, 0.25) is 0 Å². The molecule has 0 saturated carbocycles. The molecule has 2 aliphatic rings. The molecule has 1 aromatic rings. The Morgan fingerprint density at radius 2 is 2.07 bits per heavy atom. The summed E-state index contributed by atoms with van der Waals surface area (Å²) < 4.78 is 1.03. The fourth-order valence-electron chi connectivity index (χ4n) is 2.92. The molecule has 0 amide bonds. The fourth-order valence-corrected chi connectivity index (χ4v) is 2.92. The fraction of sp³-hybridized carbons (Fsp3) is 0.286. The second kappa shape index (κ2) is 2.83. The lowest BCUT2D eigenvalue weighted by Gasteiger charge is -2.37. The summed E-state index contributed by atoms with van der Waals surface area (Å²) in [7, 11) is 2.33. The smallest absolute Gasteiger partial charge is 0.140 e. The average molecular weight is 198 g/mol. The Bertz CT molecular complexity index is 470. The van der Waals surface area contributed by atoms with Gasteiger partial charge in [-0.05, 0) is 42.9 Å². The van der Waals surface area contributed by atoms with Gasteiger partial charge in [0.25, 0.3) is 0 Å². The van der Waals surface area contributed by atoms with E-state index in [4.69, 9.17) is 0 Å². The highest BCUT2D eigenvalue weighted by Crippen LogP contribution is 2.38. The number of benzene rings is 1. The molecule has 2 aliphatic heterocycles. The van der Waals surface area contributed by atoms with E-state index in [0.29, 0.717) is 6.04 Å². The first-order valence-corrected chi connectivity index (χ1v) is 5.50. The molecule has 1 heteroatoms. The van der Waals surface area contributed by atoms with E-state index in [1.807, 2.05) is 0 Å². The average Bonchev–Trinajstić information content (AvgIpc) is 2.53. The van der Waals surface area contributed by atoms with Crippen molar-refractivity contribution in [3.8, 4) is 0 Å². The van der Waals surface area contributed by atoms with E-state index in [1.54, 1.807) is 0 Å². The Morgan fingerprint density at radius 1 is 1.27 bits per heavy atom. The second-order valence-corrected chi connectivity index (χ2v) is 4.85. The summed E-state index contributed by atoms with van der Waals surface area (Å²) >= 11 is 0. The molecule has 0 saturated heterocycles. The monoisotopic (exact) mass is 198 g/mol. The topological polar surface area (TPSA) is 0 Å². The molecule has 76 valence electrons. The molecule has 0 aromatic heterocycles. The van der Waals surface area contributed by atoms with Crippen LogP contribution in [0.25, 0.3) is 6.08 Å². The molecule has 0 bridgehead atoms. The SMILES string of the molecule is CC1=CC2C=Cc3ccccc3[N+]2(C)C1. The van der Waals surface area contributed by atoms with Gasteiger partial charge in [-0.3, -0.25) is 4.48 Å². The van der Waals surface area contributed by atoms with Gasteiger partial charge >= 0.3 is 0 Å². The van der Waals surface area contributed by atoms with Crippen LogP contribution in [0.3, 0.4) is 0 Å². The highest BCUT2D eigenvalue weighted by Gasteiger charge is 2.40. The molecule has 0 radical (unpaired) electrons. The van der Waals surface area contributed by atoms with Crippen molar-refractivity contribution in [3.05, 3.63) is 47.6 Å². The molecule has 0 aliphatic carbocycles. The summed E-state index contributed by atoms with van der Waals surface area (Å²) in [6.07, 6.45) is 6.99. The molecule has 3 rings (SSSR count). The maximum Gasteiger partial charge on any atom is 0.140 e. The van der Waals surface area contributed by atoms with E-state index in [-0.39, 0.29) is 0 Å². The Labute approximate surface area is 90.9 Å². The van der Waals surface area contributed by atoms with Gasteiger partial charge in [-0.2, -0.15) is 0 Å². The number of quaternary nitrogens is 1. The minimum atomic E-state index is 0.542. The summed E-state index contributed by atoms with van der Waals surface area (Å²) in [5, 5.41) is 0. The van der Waals surface area contributed by atoms with Crippen molar-refractivity contribution in [2.24, 2.45) is 0 Å². The third-order valence-electron chi connectivity index (χ3n) is 3.65. The van der Waals surface area contributed by atoms with Crippen molar-refractivity contribution in [2.75, 3.05) is 13.6 Å². The lowest BCUT2D eigenvalue weighted by Crippen LogP contribution is -2.50. The lowest BCUT2D eigenvalue weighted by molar-refractivity contribution is 0.361. The maximum absolute atomic E-state index is 2.40. The maximum atomic E-state index is 2.40. The number of rotatable bonds is 0. The van der Waals surface area contributed by atoms with E-state index in [0.717, 1.165) is 11.0 Å². The molecular weight excluding hydrogens is 182 g/mol. The summed E-state index contributed by atoms with van der Waals surface area (Å²) in [5.41, 5.74) is 4.33. The number of nitrogens with zero attached hydrogens (tertiary/aromatic N) is 1. The molecule has 2 unspecified atom stereocenters. The Morgan fingerprint density at radius 3 is 2.93 bits per heavy atom. The summed E-state index contributed by atoms with van der Waals surface area (Å²) in [6, 6.07) is 9.27. The molecular formula is C14H16N+. The van der Waals surface area contributed by atoms with Crippen LogP contribution in [0.5, 0.6) is 0 Å². The van der Waals surface area contributed by atoms with E-state index in [2.05, 4.69) is 56.5 Å². The normalized spacial score (nSPS) is 32.1. The minimum Gasteiger partial charge on any atom is -0.281 e. The first-order chi connectivity index (χ1) is 7.20. The van der Waals surface area contributed by atoms with E-state index in [9.17, 15) is 0 Å². The summed E-state index contributed by atoms with van der Waals surface area (Å²) in [6.45, 7) is 3.38. The van der Waals surface area contributed by atoms with Crippen LogP contribution in [0.15, 0.2) is 42.0 Å². The third kappa shape index (κ3) is 1.13. The van der Waals surface area contributed by atoms with Crippen LogP contribution in [0.1, 0.15) is 12.5 Å². The molecule has 0 fully saturated rings. The van der Waals surface area contributed by atoms with Crippen LogP contribution in [0.4, 0.5) is 5.69 Å². The predicted molar refractivity (Wildman–Crippen MR) is 65.6 cm³/mol. The van der Waals surface area contributed by atoms with Crippen LogP contribution in [-0.4, -0.2) is 19.6 Å². The Kier molecular flexibility index (Phi) is 1.68. The zero-order valence-electron chi connectivity index (χ0n) is 9.27. The zero-order chi connectivity index (χ0) is 10.5. The van der Waals surface area contributed by atoms with Crippen LogP contribution < -0.4 is 4.48 Å². The van der Waals surface area contributed by atoms with Gasteiger partial charge in [-0.15, -0.1) is 0 Å². The molecule has 1 aromatic carbocycles. The van der Waals surface area contributed by atoms with Crippen molar-refractivity contribution < 1.29 is 0 Å². The quantitative estimate of drug-likeness (QED) is 0.444. The van der Waals surface area contributed by atoms with Crippen LogP contribution >= 0.6 is 0 Å². The molecule has 2 atom stereocenters. The molecule has 0 N–H and O–H groups in total. The van der Waals surface area contributed by atoms with E-state index in [1.165, 1.54) is 16.8 Å². The van der Waals surface area contributed by atoms with E-state index >= 15 is 0 Å². The van der Waals surface area contributed by atoms with Crippen molar-refractivity contribution in [1.82, 2.24) is 4.48 Å². The van der Waals surface area contributed by atoms with Crippen molar-refractivity contribution in [2.45, 2.75) is 13.0 Å². The zero-order valence-corrected chi connectivity index (χ0v) is 9.27. The van der Waals surface area contributed by atoms with Gasteiger partial charge in [0, 0.05) is 5.56 Å². The van der Waals surface area contributed by atoms with Gasteiger partial charge in [0.15, 0.2) is 0 Å². The number of hydrogen-bond acceptors (Lipinski definition) is 0. The Balaban J connectivity index is 2.19. The van der Waals surface area contributed by atoms with Crippen molar-refractivity contribution in [3.63, 3.8) is 0 Å². The number of hydrogen-bond donors (Lipinski definition) is 0. The third-order valence-corrected chi connectivity index (χ3v) is 3.65. The van der Waals surface area contributed by atoms with Gasteiger partial charge in [-0.25, -0.2) is 0 Å². The van der Waals surface area contributed by atoms with Crippen molar-refractivity contribution in [1.29, 1.82) is 0 Å².